The highest BCUT2D eigenvalue weighted by Crippen LogP contribution is 2.36. The number of halogens is 5. The van der Waals surface area contributed by atoms with Crippen LogP contribution in [0.3, 0.4) is 0 Å². The Hall–Kier alpha value is -0.990. The molecule has 0 unspecified atom stereocenters. The van der Waals surface area contributed by atoms with E-state index in [-0.39, 0.29) is 49.7 Å². The highest BCUT2D eigenvalue weighted by molar-refractivity contribution is 5.85. The van der Waals surface area contributed by atoms with Crippen LogP contribution in [0.25, 0.3) is 0 Å². The first-order valence-electron chi connectivity index (χ1n) is 7.52. The zero-order chi connectivity index (χ0) is 15.7. The van der Waals surface area contributed by atoms with Gasteiger partial charge in [0.15, 0.2) is 0 Å². The molecular weight excluding hydrogens is 368 g/mol. The summed E-state index contributed by atoms with van der Waals surface area (Å²) in [4.78, 5) is 21.3. The number of likely N-dealkylation sites (tertiary alicyclic amines) is 1. The fourth-order valence-electron chi connectivity index (χ4n) is 3.39. The lowest BCUT2D eigenvalue weighted by molar-refractivity contribution is -0.185. The average molecular weight is 389 g/mol. The first-order chi connectivity index (χ1) is 10.5. The van der Waals surface area contributed by atoms with Crippen LogP contribution in [0.5, 0.6) is 0 Å². The van der Waals surface area contributed by atoms with Crippen LogP contribution in [0.2, 0.25) is 0 Å². The number of carbonyl (C=O) groups excluding carboxylic acids is 1. The van der Waals surface area contributed by atoms with E-state index in [0.29, 0.717) is 13.1 Å². The van der Waals surface area contributed by atoms with E-state index < -0.39 is 18.0 Å². The Bertz CT molecular complexity index is 519. The molecule has 5 nitrogen and oxygen atoms in total. The number of alkyl halides is 3. The molecule has 0 spiro atoms. The number of aromatic nitrogens is 2. The molecule has 0 radical (unpaired) electrons. The average Bonchev–Trinajstić information content (AvgIpc) is 3.17. The van der Waals surface area contributed by atoms with E-state index in [9.17, 15) is 18.0 Å². The second-order valence-electron chi connectivity index (χ2n) is 5.99. The van der Waals surface area contributed by atoms with Crippen LogP contribution < -0.4 is 5.32 Å². The number of rotatable bonds is 2. The second-order valence-corrected chi connectivity index (χ2v) is 5.99. The molecule has 2 aliphatic rings. The van der Waals surface area contributed by atoms with Gasteiger partial charge >= 0.3 is 6.18 Å². The predicted molar refractivity (Wildman–Crippen MR) is 87.5 cm³/mol. The molecule has 2 N–H and O–H groups in total. The van der Waals surface area contributed by atoms with Crippen LogP contribution in [0.4, 0.5) is 13.2 Å². The minimum atomic E-state index is -4.32. The van der Waals surface area contributed by atoms with E-state index in [1.165, 1.54) is 0 Å². The maximum atomic E-state index is 13.0. The van der Waals surface area contributed by atoms with Gasteiger partial charge < -0.3 is 15.2 Å². The lowest BCUT2D eigenvalue weighted by Gasteiger charge is -2.34. The summed E-state index contributed by atoms with van der Waals surface area (Å²) < 4.78 is 38.9. The zero-order valence-electron chi connectivity index (χ0n) is 12.9. The van der Waals surface area contributed by atoms with Crippen molar-refractivity contribution in [2.45, 2.75) is 24.9 Å². The number of nitrogens with zero attached hydrogens (tertiary/aromatic N) is 2. The Morgan fingerprint density at radius 2 is 1.88 bits per heavy atom. The van der Waals surface area contributed by atoms with Crippen LogP contribution >= 0.6 is 24.8 Å². The topological polar surface area (TPSA) is 61.0 Å². The smallest absolute Gasteiger partial charge is 0.348 e. The van der Waals surface area contributed by atoms with Gasteiger partial charge in [-0.25, -0.2) is 4.98 Å². The molecule has 2 atom stereocenters. The Morgan fingerprint density at radius 3 is 2.42 bits per heavy atom. The summed E-state index contributed by atoms with van der Waals surface area (Å²) in [6.07, 6.45) is 0.582. The van der Waals surface area contributed by atoms with E-state index in [2.05, 4.69) is 15.3 Å². The highest BCUT2D eigenvalue weighted by atomic mass is 35.5. The molecule has 1 aromatic rings. The molecule has 24 heavy (non-hydrogen) atoms. The van der Waals surface area contributed by atoms with Gasteiger partial charge in [-0.05, 0) is 12.8 Å². The Labute approximate surface area is 150 Å². The van der Waals surface area contributed by atoms with Crippen molar-refractivity contribution in [3.05, 3.63) is 18.2 Å². The molecule has 3 rings (SSSR count). The van der Waals surface area contributed by atoms with Gasteiger partial charge in [-0.1, -0.05) is 0 Å². The highest BCUT2D eigenvalue weighted by Gasteiger charge is 2.50. The van der Waals surface area contributed by atoms with E-state index in [1.807, 2.05) is 0 Å². The fraction of sp³-hybridized carbons (Fsp3) is 0.714. The van der Waals surface area contributed by atoms with Crippen molar-refractivity contribution in [2.24, 2.45) is 11.8 Å². The lowest BCUT2D eigenvalue weighted by Crippen LogP contribution is -2.45. The van der Waals surface area contributed by atoms with E-state index >= 15 is 0 Å². The molecule has 3 heterocycles. The van der Waals surface area contributed by atoms with Gasteiger partial charge in [-0.15, -0.1) is 24.8 Å². The number of nitrogens with one attached hydrogen (secondary N) is 2. The van der Waals surface area contributed by atoms with Crippen molar-refractivity contribution in [3.8, 4) is 0 Å². The molecule has 2 aliphatic heterocycles. The van der Waals surface area contributed by atoms with Crippen LogP contribution in [-0.2, 0) is 4.79 Å². The third-order valence-electron chi connectivity index (χ3n) is 4.66. The van der Waals surface area contributed by atoms with Crippen LogP contribution in [0, 0.1) is 11.8 Å². The van der Waals surface area contributed by atoms with Gasteiger partial charge in [0.2, 0.25) is 5.91 Å². The molecule has 10 heteroatoms. The van der Waals surface area contributed by atoms with Crippen molar-refractivity contribution < 1.29 is 18.0 Å². The number of imidazole rings is 1. The number of hydrogen-bond donors (Lipinski definition) is 2. The Morgan fingerprint density at radius 1 is 1.21 bits per heavy atom. The standard InChI is InChI=1S/C14H19F3N4O.2ClH/c15-14(16,17)11-8-18-7-10(11)13(22)21-5-1-9(2-6-21)12-19-3-4-20-12;;/h3-4,9-11,18H,1-2,5-8H2,(H,19,20);2*1H/t10-,11-;;/m1../s1. The second kappa shape index (κ2) is 8.40. The van der Waals surface area contributed by atoms with Gasteiger partial charge in [0, 0.05) is 44.5 Å². The van der Waals surface area contributed by atoms with Crippen molar-refractivity contribution in [3.63, 3.8) is 0 Å². The first-order valence-corrected chi connectivity index (χ1v) is 7.52. The first kappa shape index (κ1) is 21.1. The Balaban J connectivity index is 0.00000144. The van der Waals surface area contributed by atoms with Gasteiger partial charge in [0.1, 0.15) is 5.82 Å². The van der Waals surface area contributed by atoms with Crippen LogP contribution in [-0.4, -0.2) is 53.1 Å². The molecule has 0 bridgehead atoms. The number of aromatic amines is 1. The summed E-state index contributed by atoms with van der Waals surface area (Å²) in [5.41, 5.74) is 0. The summed E-state index contributed by atoms with van der Waals surface area (Å²) in [6, 6.07) is 0. The van der Waals surface area contributed by atoms with E-state index in [1.54, 1.807) is 17.3 Å². The summed E-state index contributed by atoms with van der Waals surface area (Å²) in [7, 11) is 0. The van der Waals surface area contributed by atoms with E-state index in [4.69, 9.17) is 0 Å². The monoisotopic (exact) mass is 388 g/mol. The van der Waals surface area contributed by atoms with Crippen molar-refractivity contribution >= 4 is 30.7 Å². The number of amides is 1. The lowest BCUT2D eigenvalue weighted by atomic mass is 9.91. The van der Waals surface area contributed by atoms with Crippen molar-refractivity contribution in [2.75, 3.05) is 26.2 Å². The molecule has 138 valence electrons. The summed E-state index contributed by atoms with van der Waals surface area (Å²) in [5, 5.41) is 2.70. The van der Waals surface area contributed by atoms with E-state index in [0.717, 1.165) is 18.7 Å². The normalized spacial score (nSPS) is 25.0. The summed E-state index contributed by atoms with van der Waals surface area (Å²) >= 11 is 0. The van der Waals surface area contributed by atoms with Crippen LogP contribution in [0.1, 0.15) is 24.6 Å². The largest absolute Gasteiger partial charge is 0.393 e. The zero-order valence-corrected chi connectivity index (χ0v) is 14.5. The number of H-pyrrole nitrogens is 1. The van der Waals surface area contributed by atoms with Gasteiger partial charge in [-0.3, -0.25) is 4.79 Å². The fourth-order valence-corrected chi connectivity index (χ4v) is 3.39. The molecule has 0 aliphatic carbocycles. The molecule has 2 saturated heterocycles. The maximum absolute atomic E-state index is 13.0. The quantitative estimate of drug-likeness (QED) is 0.817. The number of carbonyl (C=O) groups is 1. The van der Waals surface area contributed by atoms with Crippen molar-refractivity contribution in [1.82, 2.24) is 20.2 Å². The maximum Gasteiger partial charge on any atom is 0.393 e. The third-order valence-corrected chi connectivity index (χ3v) is 4.66. The minimum Gasteiger partial charge on any atom is -0.348 e. The van der Waals surface area contributed by atoms with Gasteiger partial charge in [0.25, 0.3) is 0 Å². The van der Waals surface area contributed by atoms with Crippen molar-refractivity contribution in [1.29, 1.82) is 0 Å². The van der Waals surface area contributed by atoms with Crippen LogP contribution in [0.15, 0.2) is 12.4 Å². The van der Waals surface area contributed by atoms with Gasteiger partial charge in [0.05, 0.1) is 11.8 Å². The molecule has 1 aromatic heterocycles. The SMILES string of the molecule is Cl.Cl.O=C([C@@H]1CNC[C@H]1C(F)(F)F)N1CCC(c2ncc[nH]2)CC1. The molecular formula is C14H21Cl2F3N4O. The third kappa shape index (κ3) is 4.34. The number of piperidine rings is 1. The summed E-state index contributed by atoms with van der Waals surface area (Å²) in [5.74, 6) is -1.78. The predicted octanol–water partition coefficient (Wildman–Crippen LogP) is 2.36. The molecule has 0 saturated carbocycles. The van der Waals surface area contributed by atoms with Gasteiger partial charge in [-0.2, -0.15) is 13.2 Å². The molecule has 1 amide bonds. The Kier molecular flexibility index (Phi) is 7.37. The number of hydrogen-bond acceptors (Lipinski definition) is 3. The molecule has 0 aromatic carbocycles. The molecule has 2 fully saturated rings. The minimum absolute atomic E-state index is 0. The summed E-state index contributed by atoms with van der Waals surface area (Å²) in [6.45, 7) is 0.931.